The highest BCUT2D eigenvalue weighted by Gasteiger charge is 2.31. The van der Waals surface area contributed by atoms with Crippen LogP contribution in [-0.2, 0) is 4.74 Å². The van der Waals surface area contributed by atoms with Gasteiger partial charge in [-0.1, -0.05) is 24.3 Å². The normalized spacial score (nSPS) is 16.5. The van der Waals surface area contributed by atoms with Gasteiger partial charge in [-0.05, 0) is 29.3 Å². The number of hydrogen-bond donors (Lipinski definition) is 1. The van der Waals surface area contributed by atoms with Crippen molar-refractivity contribution in [2.24, 2.45) is 5.73 Å². The van der Waals surface area contributed by atoms with E-state index in [-0.39, 0.29) is 5.75 Å². The van der Waals surface area contributed by atoms with Gasteiger partial charge < -0.3 is 19.9 Å². The van der Waals surface area contributed by atoms with E-state index >= 15 is 0 Å². The van der Waals surface area contributed by atoms with Gasteiger partial charge in [-0.25, -0.2) is 4.79 Å². The SMILES string of the molecule is NC(=O)OC1CCOc2cc(-c3cccc(OC(F)(F)F)c3)ccc21. The van der Waals surface area contributed by atoms with Crippen LogP contribution < -0.4 is 15.2 Å². The van der Waals surface area contributed by atoms with E-state index in [2.05, 4.69) is 4.74 Å². The highest BCUT2D eigenvalue weighted by atomic mass is 19.4. The molecule has 8 heteroatoms. The molecule has 132 valence electrons. The highest BCUT2D eigenvalue weighted by Crippen LogP contribution is 2.38. The zero-order valence-corrected chi connectivity index (χ0v) is 12.9. The lowest BCUT2D eigenvalue weighted by molar-refractivity contribution is -0.274. The Kier molecular flexibility index (Phi) is 4.43. The van der Waals surface area contributed by atoms with Crippen LogP contribution in [0.4, 0.5) is 18.0 Å². The molecule has 1 heterocycles. The Hall–Kier alpha value is -2.90. The fourth-order valence-corrected chi connectivity index (χ4v) is 2.67. The van der Waals surface area contributed by atoms with Crippen LogP contribution >= 0.6 is 0 Å². The van der Waals surface area contributed by atoms with E-state index in [0.717, 1.165) is 0 Å². The first-order valence-corrected chi connectivity index (χ1v) is 7.41. The summed E-state index contributed by atoms with van der Waals surface area (Å²) in [6.07, 6.45) is -5.66. The summed E-state index contributed by atoms with van der Waals surface area (Å²) < 4.78 is 51.6. The molecule has 2 N–H and O–H groups in total. The number of carbonyl (C=O) groups excluding carboxylic acids is 1. The summed E-state index contributed by atoms with van der Waals surface area (Å²) in [5.74, 6) is 0.190. The standard InChI is InChI=1S/C17H14F3NO4/c18-17(19,20)25-12-3-1-2-10(8-12)11-4-5-13-14(24-16(21)22)6-7-23-15(13)9-11/h1-5,8-9,14H,6-7H2,(H2,21,22). The second-order valence-electron chi connectivity index (χ2n) is 5.39. The van der Waals surface area contributed by atoms with Crippen LogP contribution in [-0.4, -0.2) is 19.1 Å². The summed E-state index contributed by atoms with van der Waals surface area (Å²) in [6, 6.07) is 10.7. The maximum atomic E-state index is 12.4. The number of rotatable bonds is 3. The fourth-order valence-electron chi connectivity index (χ4n) is 2.67. The molecule has 0 bridgehead atoms. The van der Waals surface area contributed by atoms with Gasteiger partial charge in [0.2, 0.25) is 0 Å². The molecule has 5 nitrogen and oxygen atoms in total. The Morgan fingerprint density at radius 1 is 1.16 bits per heavy atom. The number of benzene rings is 2. The molecule has 2 aromatic carbocycles. The molecule has 3 rings (SSSR count). The molecular weight excluding hydrogens is 339 g/mol. The van der Waals surface area contributed by atoms with Gasteiger partial charge in [0.25, 0.3) is 0 Å². The van der Waals surface area contributed by atoms with Crippen molar-refractivity contribution in [2.45, 2.75) is 18.9 Å². The number of amides is 1. The minimum atomic E-state index is -4.75. The van der Waals surface area contributed by atoms with Crippen LogP contribution in [0.25, 0.3) is 11.1 Å². The smallest absolute Gasteiger partial charge is 0.493 e. The Morgan fingerprint density at radius 2 is 1.92 bits per heavy atom. The molecule has 0 aliphatic carbocycles. The third-order valence-electron chi connectivity index (χ3n) is 3.66. The van der Waals surface area contributed by atoms with Crippen LogP contribution in [0.3, 0.4) is 0 Å². The van der Waals surface area contributed by atoms with Crippen molar-refractivity contribution in [3.05, 3.63) is 48.0 Å². The Morgan fingerprint density at radius 3 is 2.64 bits per heavy atom. The zero-order valence-electron chi connectivity index (χ0n) is 12.9. The van der Waals surface area contributed by atoms with Crippen molar-refractivity contribution in [2.75, 3.05) is 6.61 Å². The van der Waals surface area contributed by atoms with Crippen molar-refractivity contribution < 1.29 is 32.2 Å². The van der Waals surface area contributed by atoms with Gasteiger partial charge in [0.15, 0.2) is 0 Å². The van der Waals surface area contributed by atoms with Gasteiger partial charge in [0, 0.05) is 12.0 Å². The van der Waals surface area contributed by atoms with E-state index in [1.54, 1.807) is 24.3 Å². The third-order valence-corrected chi connectivity index (χ3v) is 3.66. The maximum absolute atomic E-state index is 12.4. The Balaban J connectivity index is 1.90. The summed E-state index contributed by atoms with van der Waals surface area (Å²) in [7, 11) is 0. The third kappa shape index (κ3) is 4.14. The second-order valence-corrected chi connectivity index (χ2v) is 5.39. The van der Waals surface area contributed by atoms with E-state index in [0.29, 0.717) is 35.5 Å². The number of nitrogens with two attached hydrogens (primary N) is 1. The monoisotopic (exact) mass is 353 g/mol. The number of fused-ring (bicyclic) bond motifs is 1. The largest absolute Gasteiger partial charge is 0.573 e. The van der Waals surface area contributed by atoms with E-state index in [4.69, 9.17) is 15.2 Å². The number of hydrogen-bond acceptors (Lipinski definition) is 4. The molecule has 25 heavy (non-hydrogen) atoms. The quantitative estimate of drug-likeness (QED) is 0.899. The van der Waals surface area contributed by atoms with Crippen molar-refractivity contribution >= 4 is 6.09 Å². The zero-order chi connectivity index (χ0) is 18.0. The molecule has 1 amide bonds. The van der Waals surface area contributed by atoms with Crippen LogP contribution in [0.5, 0.6) is 11.5 Å². The fraction of sp³-hybridized carbons (Fsp3) is 0.235. The summed E-state index contributed by atoms with van der Waals surface area (Å²) >= 11 is 0. The Bertz CT molecular complexity index is 792. The van der Waals surface area contributed by atoms with Gasteiger partial charge in [-0.2, -0.15) is 0 Å². The lowest BCUT2D eigenvalue weighted by Crippen LogP contribution is -2.22. The molecule has 1 unspecified atom stereocenters. The van der Waals surface area contributed by atoms with E-state index < -0.39 is 18.6 Å². The molecule has 0 aromatic heterocycles. The van der Waals surface area contributed by atoms with Gasteiger partial charge in [0.1, 0.15) is 17.6 Å². The van der Waals surface area contributed by atoms with Crippen molar-refractivity contribution in [3.8, 4) is 22.6 Å². The summed E-state index contributed by atoms with van der Waals surface area (Å²) in [4.78, 5) is 11.0. The molecule has 1 aliphatic heterocycles. The Labute approximate surface area is 141 Å². The van der Waals surface area contributed by atoms with Gasteiger partial charge >= 0.3 is 12.5 Å². The van der Waals surface area contributed by atoms with Gasteiger partial charge in [-0.3, -0.25) is 0 Å². The van der Waals surface area contributed by atoms with E-state index in [9.17, 15) is 18.0 Å². The lowest BCUT2D eigenvalue weighted by Gasteiger charge is -2.25. The molecule has 0 spiro atoms. The molecule has 1 atom stereocenters. The molecule has 1 aliphatic rings. The predicted molar refractivity (Wildman–Crippen MR) is 82.1 cm³/mol. The molecule has 2 aromatic rings. The number of carbonyl (C=O) groups is 1. The first-order valence-electron chi connectivity index (χ1n) is 7.41. The lowest BCUT2D eigenvalue weighted by atomic mass is 9.98. The average Bonchev–Trinajstić information content (AvgIpc) is 2.53. The molecular formula is C17H14F3NO4. The van der Waals surface area contributed by atoms with Crippen LogP contribution in [0.15, 0.2) is 42.5 Å². The first-order chi connectivity index (χ1) is 11.8. The minimum absolute atomic E-state index is 0.307. The number of primary amides is 1. The highest BCUT2D eigenvalue weighted by molar-refractivity contribution is 5.69. The average molecular weight is 353 g/mol. The van der Waals surface area contributed by atoms with Crippen molar-refractivity contribution in [3.63, 3.8) is 0 Å². The predicted octanol–water partition coefficient (Wildman–Crippen LogP) is 4.17. The van der Waals surface area contributed by atoms with Crippen molar-refractivity contribution in [1.29, 1.82) is 0 Å². The summed E-state index contributed by atoms with van der Waals surface area (Å²) in [5, 5.41) is 0. The molecule has 0 saturated heterocycles. The van der Waals surface area contributed by atoms with Crippen LogP contribution in [0.2, 0.25) is 0 Å². The van der Waals surface area contributed by atoms with E-state index in [1.165, 1.54) is 18.2 Å². The number of ether oxygens (including phenoxy) is 3. The number of alkyl halides is 3. The summed E-state index contributed by atoms with van der Waals surface area (Å²) in [6.45, 7) is 0.339. The van der Waals surface area contributed by atoms with Gasteiger partial charge in [0.05, 0.1) is 6.61 Å². The minimum Gasteiger partial charge on any atom is -0.493 e. The molecule has 0 saturated carbocycles. The number of halogens is 3. The first kappa shape index (κ1) is 16.9. The summed E-state index contributed by atoms with van der Waals surface area (Å²) in [5.41, 5.74) is 6.90. The second kappa shape index (κ2) is 6.54. The maximum Gasteiger partial charge on any atom is 0.573 e. The van der Waals surface area contributed by atoms with E-state index in [1.807, 2.05) is 0 Å². The molecule has 0 radical (unpaired) electrons. The topological polar surface area (TPSA) is 70.8 Å². The van der Waals surface area contributed by atoms with Crippen molar-refractivity contribution in [1.82, 2.24) is 0 Å². The van der Waals surface area contributed by atoms with Gasteiger partial charge in [-0.15, -0.1) is 13.2 Å². The molecule has 0 fully saturated rings. The van der Waals surface area contributed by atoms with Crippen LogP contribution in [0, 0.1) is 0 Å². The van der Waals surface area contributed by atoms with Crippen LogP contribution in [0.1, 0.15) is 18.1 Å².